The van der Waals surface area contributed by atoms with E-state index in [1.165, 1.54) is 0 Å². The highest BCUT2D eigenvalue weighted by molar-refractivity contribution is 6.33. The highest BCUT2D eigenvalue weighted by Gasteiger charge is 2.15. The second kappa shape index (κ2) is 4.90. The first-order valence-corrected chi connectivity index (χ1v) is 6.29. The van der Waals surface area contributed by atoms with Gasteiger partial charge in [0.25, 0.3) is 0 Å². The fraction of sp³-hybridized carbons (Fsp3) is 0. The molecule has 0 spiro atoms. The van der Waals surface area contributed by atoms with Gasteiger partial charge in [-0.1, -0.05) is 41.9 Å². The molecule has 0 bridgehead atoms. The lowest BCUT2D eigenvalue weighted by Crippen LogP contribution is -2.04. The van der Waals surface area contributed by atoms with Gasteiger partial charge in [-0.3, -0.25) is 0 Å². The Hall–Kier alpha value is -2.46. The first kappa shape index (κ1) is 12.6. The zero-order chi connectivity index (χ0) is 14.1. The molecule has 1 heterocycles. The number of benzene rings is 2. The molecule has 3 aromatic rings. The average Bonchev–Trinajstić information content (AvgIpc) is 2.46. The number of aromatic carboxylic acids is 1. The van der Waals surface area contributed by atoms with Crippen LogP contribution in [-0.2, 0) is 0 Å². The Kier molecular flexibility index (Phi) is 3.08. The lowest BCUT2D eigenvalue weighted by atomic mass is 10.1. The minimum atomic E-state index is -1.09. The Balaban J connectivity index is 2.33. The number of rotatable bonds is 2. The lowest BCUT2D eigenvalue weighted by Gasteiger charge is -2.07. The van der Waals surface area contributed by atoms with E-state index in [0.717, 1.165) is 0 Å². The summed E-state index contributed by atoms with van der Waals surface area (Å²) in [5.74, 6) is -0.774. The summed E-state index contributed by atoms with van der Waals surface area (Å²) in [7, 11) is 0. The van der Waals surface area contributed by atoms with Gasteiger partial charge in [0.1, 0.15) is 0 Å². The summed E-state index contributed by atoms with van der Waals surface area (Å²) in [4.78, 5) is 19.9. The molecule has 5 heteroatoms. The first-order chi connectivity index (χ1) is 9.66. The molecule has 2 aromatic carbocycles. The smallest absolute Gasteiger partial charge is 0.355 e. The van der Waals surface area contributed by atoms with E-state index in [4.69, 9.17) is 11.6 Å². The molecule has 0 aliphatic carbocycles. The number of aromatic nitrogens is 2. The van der Waals surface area contributed by atoms with Crippen molar-refractivity contribution in [3.8, 4) is 11.4 Å². The van der Waals surface area contributed by atoms with Crippen LogP contribution in [0.5, 0.6) is 0 Å². The highest BCUT2D eigenvalue weighted by Crippen LogP contribution is 2.27. The van der Waals surface area contributed by atoms with Crippen molar-refractivity contribution in [1.82, 2.24) is 9.97 Å². The number of carboxylic acid groups (broad SMARTS) is 1. The molecule has 20 heavy (non-hydrogen) atoms. The molecule has 0 aliphatic heterocycles. The van der Waals surface area contributed by atoms with Gasteiger partial charge in [0.05, 0.1) is 10.5 Å². The van der Waals surface area contributed by atoms with Crippen LogP contribution in [-0.4, -0.2) is 21.0 Å². The molecule has 0 saturated heterocycles. The van der Waals surface area contributed by atoms with E-state index in [9.17, 15) is 9.90 Å². The van der Waals surface area contributed by atoms with Gasteiger partial charge in [0, 0.05) is 10.9 Å². The third-order valence-corrected chi connectivity index (χ3v) is 3.25. The van der Waals surface area contributed by atoms with E-state index in [0.29, 0.717) is 27.3 Å². The summed E-state index contributed by atoms with van der Waals surface area (Å²) in [6, 6.07) is 14.1. The Morgan fingerprint density at radius 3 is 2.45 bits per heavy atom. The number of carbonyl (C=O) groups is 1. The number of hydrogen-bond acceptors (Lipinski definition) is 3. The highest BCUT2D eigenvalue weighted by atomic mass is 35.5. The number of carboxylic acids is 1. The maximum atomic E-state index is 11.4. The topological polar surface area (TPSA) is 63.1 Å². The van der Waals surface area contributed by atoms with Crippen LogP contribution in [0.1, 0.15) is 10.5 Å². The van der Waals surface area contributed by atoms with Gasteiger partial charge < -0.3 is 5.11 Å². The van der Waals surface area contributed by atoms with E-state index in [1.54, 1.807) is 48.5 Å². The molecular weight excluding hydrogens is 276 g/mol. The quantitative estimate of drug-likeness (QED) is 0.780. The van der Waals surface area contributed by atoms with Crippen molar-refractivity contribution in [2.24, 2.45) is 0 Å². The van der Waals surface area contributed by atoms with Gasteiger partial charge in [-0.15, -0.1) is 0 Å². The molecule has 3 rings (SSSR count). The molecule has 0 aliphatic rings. The van der Waals surface area contributed by atoms with Crippen LogP contribution < -0.4 is 0 Å². The molecular formula is C15H9ClN2O2. The molecule has 1 aromatic heterocycles. The van der Waals surface area contributed by atoms with Gasteiger partial charge in [-0.05, 0) is 18.2 Å². The minimum absolute atomic E-state index is 0.0227. The summed E-state index contributed by atoms with van der Waals surface area (Å²) in [5, 5.41) is 10.3. The lowest BCUT2D eigenvalue weighted by molar-refractivity contribution is 0.0693. The van der Waals surface area contributed by atoms with Crippen LogP contribution in [0.2, 0.25) is 5.02 Å². The zero-order valence-corrected chi connectivity index (χ0v) is 11.0. The molecule has 0 amide bonds. The third kappa shape index (κ3) is 2.10. The number of fused-ring (bicyclic) bond motifs is 1. The second-order valence-electron chi connectivity index (χ2n) is 4.20. The SMILES string of the molecule is O=C(O)c1nc(-c2ccccc2Cl)nc2ccccc12. The van der Waals surface area contributed by atoms with Crippen molar-refractivity contribution >= 4 is 28.5 Å². The molecule has 98 valence electrons. The molecule has 1 N–H and O–H groups in total. The Labute approximate surface area is 119 Å². The maximum Gasteiger partial charge on any atom is 0.355 e. The fourth-order valence-electron chi connectivity index (χ4n) is 2.00. The molecule has 0 atom stereocenters. The van der Waals surface area contributed by atoms with Crippen molar-refractivity contribution in [3.63, 3.8) is 0 Å². The standard InChI is InChI=1S/C15H9ClN2O2/c16-11-7-3-1-5-9(11)14-17-12-8-4-2-6-10(12)13(18-14)15(19)20/h1-8H,(H,19,20). The molecule has 0 radical (unpaired) electrons. The van der Waals surface area contributed by atoms with Crippen LogP contribution in [0.25, 0.3) is 22.3 Å². The van der Waals surface area contributed by atoms with E-state index >= 15 is 0 Å². The van der Waals surface area contributed by atoms with E-state index < -0.39 is 5.97 Å². The molecule has 4 nitrogen and oxygen atoms in total. The summed E-state index contributed by atoms with van der Waals surface area (Å²) >= 11 is 6.11. The number of nitrogens with zero attached hydrogens (tertiary/aromatic N) is 2. The fourth-order valence-corrected chi connectivity index (χ4v) is 2.22. The maximum absolute atomic E-state index is 11.4. The van der Waals surface area contributed by atoms with Gasteiger partial charge in [0.15, 0.2) is 11.5 Å². The molecule has 0 saturated carbocycles. The monoisotopic (exact) mass is 284 g/mol. The van der Waals surface area contributed by atoms with Gasteiger partial charge in [-0.2, -0.15) is 0 Å². The van der Waals surface area contributed by atoms with Crippen molar-refractivity contribution in [2.45, 2.75) is 0 Å². The number of halogens is 1. The largest absolute Gasteiger partial charge is 0.476 e. The van der Waals surface area contributed by atoms with Crippen molar-refractivity contribution in [1.29, 1.82) is 0 Å². The molecule has 0 fully saturated rings. The molecule has 0 unspecified atom stereocenters. The van der Waals surface area contributed by atoms with Gasteiger partial charge >= 0.3 is 5.97 Å². The van der Waals surface area contributed by atoms with Crippen LogP contribution in [0.3, 0.4) is 0 Å². The Morgan fingerprint density at radius 2 is 1.70 bits per heavy atom. The van der Waals surface area contributed by atoms with Crippen molar-refractivity contribution < 1.29 is 9.90 Å². The minimum Gasteiger partial charge on any atom is -0.476 e. The van der Waals surface area contributed by atoms with E-state index in [-0.39, 0.29) is 5.69 Å². The average molecular weight is 285 g/mol. The van der Waals surface area contributed by atoms with Crippen molar-refractivity contribution in [2.75, 3.05) is 0 Å². The summed E-state index contributed by atoms with van der Waals surface area (Å²) in [6.07, 6.45) is 0. The normalized spacial score (nSPS) is 10.7. The predicted molar refractivity (Wildman–Crippen MR) is 76.9 cm³/mol. The summed E-state index contributed by atoms with van der Waals surface area (Å²) in [6.45, 7) is 0. The van der Waals surface area contributed by atoms with Crippen LogP contribution >= 0.6 is 11.6 Å². The van der Waals surface area contributed by atoms with E-state index in [2.05, 4.69) is 9.97 Å². The van der Waals surface area contributed by atoms with Crippen molar-refractivity contribution in [3.05, 3.63) is 59.2 Å². The summed E-state index contributed by atoms with van der Waals surface area (Å²) in [5.41, 5.74) is 1.17. The first-order valence-electron chi connectivity index (χ1n) is 5.92. The predicted octanol–water partition coefficient (Wildman–Crippen LogP) is 3.65. The zero-order valence-electron chi connectivity index (χ0n) is 10.2. The van der Waals surface area contributed by atoms with E-state index in [1.807, 2.05) is 0 Å². The number of hydrogen-bond donors (Lipinski definition) is 1. The van der Waals surface area contributed by atoms with Crippen LogP contribution in [0.15, 0.2) is 48.5 Å². The number of para-hydroxylation sites is 1. The Morgan fingerprint density at radius 1 is 1.00 bits per heavy atom. The van der Waals surface area contributed by atoms with Crippen LogP contribution in [0.4, 0.5) is 0 Å². The van der Waals surface area contributed by atoms with Gasteiger partial charge in [-0.25, -0.2) is 14.8 Å². The summed E-state index contributed by atoms with van der Waals surface area (Å²) < 4.78 is 0. The van der Waals surface area contributed by atoms with Crippen LogP contribution in [0, 0.1) is 0 Å². The van der Waals surface area contributed by atoms with Gasteiger partial charge in [0.2, 0.25) is 0 Å². The third-order valence-electron chi connectivity index (χ3n) is 2.92. The second-order valence-corrected chi connectivity index (χ2v) is 4.61. The Bertz CT molecular complexity index is 818.